The molecule has 4 fully saturated rings. The molecule has 4 aliphatic carbocycles. The third-order valence-electron chi connectivity index (χ3n) is 12.9. The summed E-state index contributed by atoms with van der Waals surface area (Å²) in [5.74, 6) is -1.36. The minimum Gasteiger partial charge on any atom is -0.462 e. The van der Waals surface area contributed by atoms with E-state index in [2.05, 4.69) is 40.7 Å². The number of aliphatic hydroxyl groups excluding tert-OH is 2. The van der Waals surface area contributed by atoms with E-state index in [1.165, 1.54) is 26.3 Å². The quantitative estimate of drug-likeness (QED) is 0.306. The van der Waals surface area contributed by atoms with Crippen molar-refractivity contribution in [3.63, 3.8) is 0 Å². The fourth-order valence-corrected chi connectivity index (χ4v) is 10.8. The summed E-state index contributed by atoms with van der Waals surface area (Å²) >= 11 is 0. The predicted molar refractivity (Wildman–Crippen MR) is 147 cm³/mol. The Kier molecular flexibility index (Phi) is 6.81. The fraction of sp³-hybridized carbons (Fsp3) is 0.906. The third kappa shape index (κ3) is 3.96. The topological polar surface area (TPSA) is 116 Å². The molecule has 0 unspecified atom stereocenters. The molecular formula is C32H52O7. The van der Waals surface area contributed by atoms with Gasteiger partial charge in [0, 0.05) is 17.8 Å². The van der Waals surface area contributed by atoms with Crippen LogP contribution in [0.2, 0.25) is 0 Å². The molecule has 0 amide bonds. The Morgan fingerprint density at radius 3 is 2.28 bits per heavy atom. The van der Waals surface area contributed by atoms with Crippen molar-refractivity contribution in [3.05, 3.63) is 11.6 Å². The van der Waals surface area contributed by atoms with Gasteiger partial charge in [-0.1, -0.05) is 46.3 Å². The van der Waals surface area contributed by atoms with Crippen molar-refractivity contribution in [2.75, 3.05) is 6.61 Å². The molecule has 0 aromatic carbocycles. The highest BCUT2D eigenvalue weighted by Crippen LogP contribution is 2.73. The van der Waals surface area contributed by atoms with Gasteiger partial charge in [-0.3, -0.25) is 4.79 Å². The number of aliphatic hydroxyl groups is 4. The van der Waals surface area contributed by atoms with Crippen LogP contribution in [0, 0.1) is 45.3 Å². The maximum atomic E-state index is 12.0. The highest BCUT2D eigenvalue weighted by Gasteiger charge is 2.69. The Morgan fingerprint density at radius 1 is 1.03 bits per heavy atom. The smallest absolute Gasteiger partial charge is 0.302 e. The van der Waals surface area contributed by atoms with E-state index in [-0.39, 0.29) is 58.1 Å². The summed E-state index contributed by atoms with van der Waals surface area (Å²) in [6.45, 7) is 16.2. The lowest BCUT2D eigenvalue weighted by Crippen LogP contribution is -2.66. The first-order valence-corrected chi connectivity index (χ1v) is 15.2. The van der Waals surface area contributed by atoms with Gasteiger partial charge in [-0.25, -0.2) is 0 Å². The average molecular weight is 549 g/mol. The predicted octanol–water partition coefficient (Wildman–Crippen LogP) is 4.35. The number of carbonyl (C=O) groups is 1. The number of hydrogen-bond acceptors (Lipinski definition) is 7. The SMILES string of the molecule is CC(=O)O[C@@H]1CC[C@]2(C)[C@H]3CC[C@]4(C)C(=CC[C@@H]4[C@H]4CO[C@](O)(C(C)(C)O)[C@H](O)C4)[C@]3(C)[C@H](O)C[C@H]2C1(C)C. The summed E-state index contributed by atoms with van der Waals surface area (Å²) in [5.41, 5.74) is -0.881. The summed E-state index contributed by atoms with van der Waals surface area (Å²) in [7, 11) is 0. The monoisotopic (exact) mass is 548 g/mol. The molecule has 7 nitrogen and oxygen atoms in total. The van der Waals surface area contributed by atoms with E-state index in [0.29, 0.717) is 18.8 Å². The van der Waals surface area contributed by atoms with E-state index in [9.17, 15) is 25.2 Å². The van der Waals surface area contributed by atoms with Gasteiger partial charge in [0.15, 0.2) is 0 Å². The summed E-state index contributed by atoms with van der Waals surface area (Å²) in [6.07, 6.45) is 6.36. The van der Waals surface area contributed by atoms with Gasteiger partial charge in [-0.05, 0) is 93.3 Å². The van der Waals surface area contributed by atoms with Crippen LogP contribution in [0.1, 0.15) is 100 Å². The van der Waals surface area contributed by atoms with Crippen LogP contribution < -0.4 is 0 Å². The second kappa shape index (κ2) is 9.00. The number of allylic oxidation sites excluding steroid dienone is 1. The Balaban J connectivity index is 1.42. The Labute approximate surface area is 234 Å². The van der Waals surface area contributed by atoms with Gasteiger partial charge in [0.25, 0.3) is 0 Å². The summed E-state index contributed by atoms with van der Waals surface area (Å²) in [5, 5.41) is 44.3. The zero-order valence-electron chi connectivity index (χ0n) is 25.3. The van der Waals surface area contributed by atoms with Gasteiger partial charge in [0.2, 0.25) is 5.79 Å². The van der Waals surface area contributed by atoms with Gasteiger partial charge in [0.1, 0.15) is 17.8 Å². The molecule has 4 N–H and O–H groups in total. The molecule has 0 aromatic heterocycles. The molecule has 5 aliphatic rings. The molecule has 1 saturated heterocycles. The highest BCUT2D eigenvalue weighted by molar-refractivity contribution is 5.66. The van der Waals surface area contributed by atoms with Crippen molar-refractivity contribution in [1.82, 2.24) is 0 Å². The number of esters is 1. The number of fused-ring (bicyclic) bond motifs is 5. The first-order chi connectivity index (χ1) is 17.8. The Hall–Kier alpha value is -0.990. The number of hydrogen-bond donors (Lipinski definition) is 4. The maximum absolute atomic E-state index is 12.0. The van der Waals surface area contributed by atoms with Crippen LogP contribution >= 0.6 is 0 Å². The van der Waals surface area contributed by atoms with Crippen LogP contribution in [0.4, 0.5) is 0 Å². The van der Waals surface area contributed by atoms with Gasteiger partial charge in [-0.2, -0.15) is 0 Å². The molecule has 3 saturated carbocycles. The molecule has 222 valence electrons. The lowest BCUT2D eigenvalue weighted by molar-refractivity contribution is -0.353. The molecular weight excluding hydrogens is 496 g/mol. The van der Waals surface area contributed by atoms with Crippen LogP contribution in [-0.2, 0) is 14.3 Å². The van der Waals surface area contributed by atoms with Crippen LogP contribution in [0.15, 0.2) is 11.6 Å². The zero-order chi connectivity index (χ0) is 29.0. The van der Waals surface area contributed by atoms with E-state index < -0.39 is 23.6 Å². The van der Waals surface area contributed by atoms with Gasteiger partial charge in [-0.15, -0.1) is 0 Å². The first-order valence-electron chi connectivity index (χ1n) is 15.2. The second-order valence-electron chi connectivity index (χ2n) is 15.6. The van der Waals surface area contributed by atoms with Crippen molar-refractivity contribution >= 4 is 5.97 Å². The van der Waals surface area contributed by atoms with E-state index in [1.54, 1.807) is 0 Å². The van der Waals surface area contributed by atoms with Gasteiger partial charge >= 0.3 is 5.97 Å². The number of ether oxygens (including phenoxy) is 2. The van der Waals surface area contributed by atoms with Crippen molar-refractivity contribution in [2.24, 2.45) is 45.3 Å². The van der Waals surface area contributed by atoms with Crippen molar-refractivity contribution in [2.45, 2.75) is 130 Å². The molecule has 0 radical (unpaired) electrons. The average Bonchev–Trinajstić information content (AvgIpc) is 3.17. The second-order valence-corrected chi connectivity index (χ2v) is 15.6. The van der Waals surface area contributed by atoms with E-state index >= 15 is 0 Å². The standard InChI is InChI=1S/C32H52O7/c1-18(33)39-26-12-14-30(7)22-11-13-29(6)20(19-15-25(35)32(37,38-17-19)28(4,5)36)9-10-21(29)31(22,8)24(34)16-23(30)27(26,2)3/h10,19-20,22-26,34-37H,9,11-17H2,1-8H3/t19-,20-,22-,23+,24-,25-,26-,29+,30-,31+,32+/m1/s1. The van der Waals surface area contributed by atoms with Crippen molar-refractivity contribution in [3.8, 4) is 0 Å². The third-order valence-corrected chi connectivity index (χ3v) is 12.9. The summed E-state index contributed by atoms with van der Waals surface area (Å²) in [6, 6.07) is 0. The lowest BCUT2D eigenvalue weighted by Gasteiger charge is -2.68. The van der Waals surface area contributed by atoms with E-state index in [0.717, 1.165) is 32.1 Å². The van der Waals surface area contributed by atoms with Crippen LogP contribution in [0.3, 0.4) is 0 Å². The molecule has 7 heteroatoms. The summed E-state index contributed by atoms with van der Waals surface area (Å²) < 4.78 is 11.6. The minimum absolute atomic E-state index is 0.0295. The Bertz CT molecular complexity index is 1030. The van der Waals surface area contributed by atoms with E-state index in [1.807, 2.05) is 0 Å². The van der Waals surface area contributed by atoms with Crippen molar-refractivity contribution in [1.29, 1.82) is 0 Å². The van der Waals surface area contributed by atoms with Crippen LogP contribution in [-0.4, -0.2) is 62.7 Å². The van der Waals surface area contributed by atoms with Gasteiger partial charge < -0.3 is 29.9 Å². The zero-order valence-corrected chi connectivity index (χ0v) is 25.3. The molecule has 11 atom stereocenters. The van der Waals surface area contributed by atoms with Crippen LogP contribution in [0.25, 0.3) is 0 Å². The molecule has 5 rings (SSSR count). The molecule has 1 aliphatic heterocycles. The molecule has 0 spiro atoms. The molecule has 0 aromatic rings. The van der Waals surface area contributed by atoms with Crippen LogP contribution in [0.5, 0.6) is 0 Å². The fourth-order valence-electron chi connectivity index (χ4n) is 10.8. The maximum Gasteiger partial charge on any atom is 0.302 e. The number of carbonyl (C=O) groups excluding carboxylic acids is 1. The first kappa shape index (κ1) is 29.5. The molecule has 0 bridgehead atoms. The largest absolute Gasteiger partial charge is 0.462 e. The van der Waals surface area contributed by atoms with Crippen molar-refractivity contribution < 1.29 is 34.7 Å². The molecule has 1 heterocycles. The normalized spacial score (nSPS) is 51.3. The minimum atomic E-state index is -1.98. The highest BCUT2D eigenvalue weighted by atomic mass is 16.7. The molecule has 39 heavy (non-hydrogen) atoms. The number of rotatable bonds is 3. The van der Waals surface area contributed by atoms with Gasteiger partial charge in [0.05, 0.1) is 12.7 Å². The lowest BCUT2D eigenvalue weighted by atomic mass is 9.37. The van der Waals surface area contributed by atoms with E-state index in [4.69, 9.17) is 9.47 Å². The summed E-state index contributed by atoms with van der Waals surface area (Å²) in [4.78, 5) is 11.9. The Morgan fingerprint density at radius 2 is 1.69 bits per heavy atom.